The molecule has 1 fully saturated rings. The van der Waals surface area contributed by atoms with E-state index in [2.05, 4.69) is 11.0 Å². The van der Waals surface area contributed by atoms with Crippen LogP contribution in [0.25, 0.3) is 6.08 Å². The summed E-state index contributed by atoms with van der Waals surface area (Å²) in [5.41, 5.74) is 3.50. The maximum atomic E-state index is 12.9. The van der Waals surface area contributed by atoms with Gasteiger partial charge in [-0.1, -0.05) is 29.8 Å². The van der Waals surface area contributed by atoms with Gasteiger partial charge in [-0.2, -0.15) is 0 Å². The minimum atomic E-state index is -0.626. The maximum Gasteiger partial charge on any atom is 0.267 e. The van der Waals surface area contributed by atoms with E-state index in [-0.39, 0.29) is 5.78 Å². The molecule has 156 valence electrons. The number of benzene rings is 2. The summed E-state index contributed by atoms with van der Waals surface area (Å²) in [7, 11) is 0. The Labute approximate surface area is 180 Å². The van der Waals surface area contributed by atoms with E-state index in [0.29, 0.717) is 23.3 Å². The van der Waals surface area contributed by atoms with Crippen LogP contribution in [-0.4, -0.2) is 40.5 Å². The molecule has 0 bridgehead atoms. The lowest BCUT2D eigenvalue weighted by molar-refractivity contribution is -0.124. The van der Waals surface area contributed by atoms with Gasteiger partial charge in [0.25, 0.3) is 5.91 Å². The monoisotopic (exact) mass is 426 g/mol. The van der Waals surface area contributed by atoms with Crippen LogP contribution in [0.5, 0.6) is 5.75 Å². The molecule has 7 heteroatoms. The van der Waals surface area contributed by atoms with E-state index >= 15 is 0 Å². The Hall–Kier alpha value is -2.67. The van der Waals surface area contributed by atoms with Crippen LogP contribution in [0.15, 0.2) is 48.5 Å². The maximum absolute atomic E-state index is 12.9. The van der Waals surface area contributed by atoms with E-state index in [0.717, 1.165) is 37.5 Å². The Balaban J connectivity index is 1.43. The van der Waals surface area contributed by atoms with Gasteiger partial charge in [-0.3, -0.25) is 19.7 Å². The highest BCUT2D eigenvalue weighted by molar-refractivity contribution is 6.30. The second-order valence-electron chi connectivity index (χ2n) is 7.86. The average molecular weight is 427 g/mol. The molecule has 1 saturated heterocycles. The lowest BCUT2D eigenvalue weighted by Gasteiger charge is -2.44. The Morgan fingerprint density at radius 1 is 1.23 bits per heavy atom. The highest BCUT2D eigenvalue weighted by Gasteiger charge is 2.42. The van der Waals surface area contributed by atoms with Crippen molar-refractivity contribution in [3.05, 3.63) is 70.3 Å². The van der Waals surface area contributed by atoms with Crippen LogP contribution in [0.1, 0.15) is 40.7 Å². The van der Waals surface area contributed by atoms with Gasteiger partial charge in [0.2, 0.25) is 0 Å². The van der Waals surface area contributed by atoms with E-state index in [1.54, 1.807) is 18.2 Å². The second kappa shape index (κ2) is 8.60. The molecule has 0 atom stereocenters. The summed E-state index contributed by atoms with van der Waals surface area (Å²) < 4.78 is 6.34. The number of hydrogen-bond donors (Lipinski definition) is 2. The molecule has 2 aliphatic rings. The second-order valence-corrected chi connectivity index (χ2v) is 8.29. The molecule has 2 aromatic carbocycles. The fourth-order valence-corrected chi connectivity index (χ4v) is 4.33. The van der Waals surface area contributed by atoms with Gasteiger partial charge in [-0.05, 0) is 41.5 Å². The van der Waals surface area contributed by atoms with Crippen molar-refractivity contribution in [2.24, 2.45) is 0 Å². The van der Waals surface area contributed by atoms with E-state index in [9.17, 15) is 9.59 Å². The van der Waals surface area contributed by atoms with Crippen LogP contribution in [0.2, 0.25) is 5.02 Å². The Morgan fingerprint density at radius 3 is 2.77 bits per heavy atom. The van der Waals surface area contributed by atoms with Crippen molar-refractivity contribution in [1.82, 2.24) is 10.4 Å². The van der Waals surface area contributed by atoms with Crippen LogP contribution in [0.3, 0.4) is 0 Å². The molecule has 1 amide bonds. The molecule has 4 rings (SSSR count). The first-order valence-corrected chi connectivity index (χ1v) is 10.3. The molecule has 2 aliphatic heterocycles. The smallest absolute Gasteiger partial charge is 0.267 e. The van der Waals surface area contributed by atoms with Crippen LogP contribution < -0.4 is 10.2 Å². The molecule has 0 unspecified atom stereocenters. The number of Topliss-reactive ketones (excluding diaryl/α,β-unsaturated/α-hetero) is 1. The summed E-state index contributed by atoms with van der Waals surface area (Å²) in [5.74, 6) is 0.0264. The van der Waals surface area contributed by atoms with E-state index < -0.39 is 11.5 Å². The van der Waals surface area contributed by atoms with Crippen molar-refractivity contribution >= 4 is 29.4 Å². The number of nitrogens with zero attached hydrogens (tertiary/aromatic N) is 1. The first kappa shape index (κ1) is 20.6. The third-order valence-corrected chi connectivity index (χ3v) is 5.95. The van der Waals surface area contributed by atoms with Gasteiger partial charge >= 0.3 is 0 Å². The fraction of sp³-hybridized carbons (Fsp3) is 0.304. The number of ketones is 1. The Morgan fingerprint density at radius 2 is 2.03 bits per heavy atom. The largest absolute Gasteiger partial charge is 0.486 e. The van der Waals surface area contributed by atoms with Crippen molar-refractivity contribution in [3.8, 4) is 5.75 Å². The van der Waals surface area contributed by atoms with Gasteiger partial charge in [-0.15, -0.1) is 0 Å². The highest BCUT2D eigenvalue weighted by Crippen LogP contribution is 2.40. The molecule has 1 spiro atoms. The first-order valence-electron chi connectivity index (χ1n) is 9.92. The zero-order valence-electron chi connectivity index (χ0n) is 16.4. The number of rotatable bonds is 4. The minimum absolute atomic E-state index is 0.0569. The van der Waals surface area contributed by atoms with Gasteiger partial charge in [-0.25, -0.2) is 5.48 Å². The summed E-state index contributed by atoms with van der Waals surface area (Å²) in [6, 6.07) is 13.2. The van der Waals surface area contributed by atoms with Gasteiger partial charge in [0.05, 0.1) is 12.0 Å². The van der Waals surface area contributed by atoms with Crippen LogP contribution in [-0.2, 0) is 11.3 Å². The van der Waals surface area contributed by atoms with Crippen molar-refractivity contribution in [2.75, 3.05) is 13.1 Å². The number of carbonyl (C=O) groups is 2. The van der Waals surface area contributed by atoms with Crippen molar-refractivity contribution in [1.29, 1.82) is 0 Å². The van der Waals surface area contributed by atoms with Crippen LogP contribution in [0, 0.1) is 0 Å². The normalized spacial score (nSPS) is 18.3. The number of hydrogen-bond acceptors (Lipinski definition) is 5. The summed E-state index contributed by atoms with van der Waals surface area (Å²) in [6.45, 7) is 2.54. The molecular formula is C23H23ClN2O4. The molecule has 2 aromatic rings. The Kier molecular flexibility index (Phi) is 5.90. The molecular weight excluding hydrogens is 404 g/mol. The number of likely N-dealkylation sites (tertiary alicyclic amines) is 1. The Bertz CT molecular complexity index is 996. The van der Waals surface area contributed by atoms with Gasteiger partial charge in [0.15, 0.2) is 5.78 Å². The topological polar surface area (TPSA) is 78.9 Å². The van der Waals surface area contributed by atoms with Gasteiger partial charge in [0.1, 0.15) is 11.4 Å². The van der Waals surface area contributed by atoms with Gasteiger partial charge < -0.3 is 4.74 Å². The number of amides is 1. The fourth-order valence-electron chi connectivity index (χ4n) is 4.12. The number of fused-ring (bicyclic) bond motifs is 1. The van der Waals surface area contributed by atoms with E-state index in [4.69, 9.17) is 21.5 Å². The standard InChI is InChI=1S/C23H23ClN2O4/c24-18-3-1-2-17(12-18)15-26-10-8-23(9-11-26)14-20(27)19-13-16(4-6-21(19)30-23)5-7-22(28)25-29/h1-7,12-13,29H,8-11,14-15H2,(H,25,28). The minimum Gasteiger partial charge on any atom is -0.486 e. The number of piperidine rings is 1. The number of nitrogens with one attached hydrogen (secondary N) is 1. The molecule has 0 aromatic heterocycles. The summed E-state index contributed by atoms with van der Waals surface area (Å²) in [5, 5.41) is 9.31. The van der Waals surface area contributed by atoms with Crippen LogP contribution >= 0.6 is 11.6 Å². The first-order chi connectivity index (χ1) is 14.5. The third kappa shape index (κ3) is 4.56. The molecule has 2 N–H and O–H groups in total. The number of carbonyl (C=O) groups excluding carboxylic acids is 2. The number of hydroxylamine groups is 1. The van der Waals surface area contributed by atoms with E-state index in [1.807, 2.05) is 18.2 Å². The van der Waals surface area contributed by atoms with Crippen LogP contribution in [0.4, 0.5) is 0 Å². The number of ether oxygens (including phenoxy) is 1. The molecule has 30 heavy (non-hydrogen) atoms. The predicted octanol–water partition coefficient (Wildman–Crippen LogP) is 3.86. The highest BCUT2D eigenvalue weighted by atomic mass is 35.5. The average Bonchev–Trinajstić information content (AvgIpc) is 2.74. The molecule has 6 nitrogen and oxygen atoms in total. The summed E-state index contributed by atoms with van der Waals surface area (Å²) in [4.78, 5) is 26.4. The van der Waals surface area contributed by atoms with Crippen molar-refractivity contribution in [3.63, 3.8) is 0 Å². The quantitative estimate of drug-likeness (QED) is 0.441. The van der Waals surface area contributed by atoms with Crippen molar-refractivity contribution < 1.29 is 19.5 Å². The van der Waals surface area contributed by atoms with E-state index in [1.165, 1.54) is 23.2 Å². The number of halogens is 1. The summed E-state index contributed by atoms with van der Waals surface area (Å²) in [6.07, 6.45) is 4.67. The van der Waals surface area contributed by atoms with Gasteiger partial charge in [0, 0.05) is 43.6 Å². The molecule has 2 heterocycles. The molecule has 0 radical (unpaired) electrons. The zero-order valence-corrected chi connectivity index (χ0v) is 17.2. The lowest BCUT2D eigenvalue weighted by atomic mass is 9.82. The van der Waals surface area contributed by atoms with Crippen molar-refractivity contribution in [2.45, 2.75) is 31.4 Å². The summed E-state index contributed by atoms with van der Waals surface area (Å²) >= 11 is 6.09. The molecule has 0 saturated carbocycles. The zero-order chi connectivity index (χ0) is 21.1. The molecule has 0 aliphatic carbocycles. The predicted molar refractivity (Wildman–Crippen MR) is 114 cm³/mol. The third-order valence-electron chi connectivity index (χ3n) is 5.71. The SMILES string of the molecule is O=C(C=Cc1ccc2c(c1)C(=O)CC1(CCN(Cc3cccc(Cl)c3)CC1)O2)NO. The lowest BCUT2D eigenvalue weighted by Crippen LogP contribution is -2.50.